The van der Waals surface area contributed by atoms with Crippen LogP contribution in [0.1, 0.15) is 12.8 Å². The number of rotatable bonds is 3. The zero-order chi connectivity index (χ0) is 10.0. The van der Waals surface area contributed by atoms with Crippen LogP contribution in [0.25, 0.3) is 0 Å². The summed E-state index contributed by atoms with van der Waals surface area (Å²) in [4.78, 5) is 0. The van der Waals surface area contributed by atoms with Crippen molar-refractivity contribution in [1.82, 2.24) is 5.32 Å². The normalized spacial score (nSPS) is 43.3. The van der Waals surface area contributed by atoms with Gasteiger partial charge in [-0.3, -0.25) is 0 Å². The van der Waals surface area contributed by atoms with Gasteiger partial charge in [-0.1, -0.05) is 0 Å². The smallest absolute Gasteiger partial charge is 0.0837 e. The van der Waals surface area contributed by atoms with Crippen LogP contribution < -0.4 is 5.32 Å². The molecule has 3 unspecified atom stereocenters. The molecule has 0 aromatic heterocycles. The first-order valence-corrected chi connectivity index (χ1v) is 6.31. The first kappa shape index (κ1) is 10.7. The standard InChI is InChI=1S/C10H19NO2S/c1-11-7-10(3-2-4-14-10)8-5-13-6-9(8)12/h8-9,11-12H,2-7H2,1H3. The molecule has 2 fully saturated rings. The molecule has 82 valence electrons. The van der Waals surface area contributed by atoms with E-state index in [4.69, 9.17) is 4.74 Å². The van der Waals surface area contributed by atoms with Crippen LogP contribution in [0.4, 0.5) is 0 Å². The van der Waals surface area contributed by atoms with Gasteiger partial charge in [-0.2, -0.15) is 11.8 Å². The molecule has 0 radical (unpaired) electrons. The number of ether oxygens (including phenoxy) is 1. The SMILES string of the molecule is CNCC1(C2COCC2O)CCCS1. The topological polar surface area (TPSA) is 41.5 Å². The van der Waals surface area contributed by atoms with Crippen molar-refractivity contribution in [3.8, 4) is 0 Å². The molecule has 2 rings (SSSR count). The Kier molecular flexibility index (Phi) is 3.37. The lowest BCUT2D eigenvalue weighted by Crippen LogP contribution is -2.46. The molecule has 4 heteroatoms. The van der Waals surface area contributed by atoms with Crippen molar-refractivity contribution in [2.45, 2.75) is 23.7 Å². The predicted octanol–water partition coefficient (Wildman–Crippen LogP) is 0.479. The van der Waals surface area contributed by atoms with Crippen molar-refractivity contribution in [2.75, 3.05) is 32.6 Å². The van der Waals surface area contributed by atoms with Crippen molar-refractivity contribution in [1.29, 1.82) is 0 Å². The van der Waals surface area contributed by atoms with Gasteiger partial charge in [0, 0.05) is 17.2 Å². The molecule has 0 amide bonds. The van der Waals surface area contributed by atoms with Gasteiger partial charge in [0.15, 0.2) is 0 Å². The summed E-state index contributed by atoms with van der Waals surface area (Å²) in [7, 11) is 1.99. The minimum atomic E-state index is -0.256. The number of aliphatic hydroxyl groups excluding tert-OH is 1. The summed E-state index contributed by atoms with van der Waals surface area (Å²) in [6, 6.07) is 0. The van der Waals surface area contributed by atoms with Gasteiger partial charge < -0.3 is 15.2 Å². The van der Waals surface area contributed by atoms with Crippen LogP contribution in [-0.2, 0) is 4.74 Å². The van der Waals surface area contributed by atoms with Gasteiger partial charge >= 0.3 is 0 Å². The molecule has 2 heterocycles. The molecule has 0 bridgehead atoms. The third-order valence-electron chi connectivity index (χ3n) is 3.34. The van der Waals surface area contributed by atoms with Crippen LogP contribution in [0.2, 0.25) is 0 Å². The summed E-state index contributed by atoms with van der Waals surface area (Å²) in [5.74, 6) is 1.55. The van der Waals surface area contributed by atoms with Crippen molar-refractivity contribution >= 4 is 11.8 Å². The second-order valence-corrected chi connectivity index (χ2v) is 5.77. The van der Waals surface area contributed by atoms with Crippen molar-refractivity contribution < 1.29 is 9.84 Å². The summed E-state index contributed by atoms with van der Waals surface area (Å²) in [5, 5.41) is 13.1. The Balaban J connectivity index is 2.08. The molecule has 0 aliphatic carbocycles. The van der Waals surface area contributed by atoms with E-state index in [1.54, 1.807) is 0 Å². The van der Waals surface area contributed by atoms with Gasteiger partial charge in [0.2, 0.25) is 0 Å². The predicted molar refractivity (Wildman–Crippen MR) is 58.7 cm³/mol. The highest BCUT2D eigenvalue weighted by Crippen LogP contribution is 2.46. The van der Waals surface area contributed by atoms with E-state index in [-0.39, 0.29) is 10.9 Å². The van der Waals surface area contributed by atoms with E-state index in [1.807, 2.05) is 18.8 Å². The average Bonchev–Trinajstić information content (AvgIpc) is 2.75. The zero-order valence-electron chi connectivity index (χ0n) is 8.66. The molecule has 3 atom stereocenters. The molecule has 2 aliphatic heterocycles. The third kappa shape index (κ3) is 1.81. The fourth-order valence-corrected chi connectivity index (χ4v) is 4.30. The van der Waals surface area contributed by atoms with Gasteiger partial charge in [0.25, 0.3) is 0 Å². The Morgan fingerprint density at radius 2 is 2.43 bits per heavy atom. The summed E-state index contributed by atoms with van der Waals surface area (Å²) in [6.07, 6.45) is 2.23. The molecule has 2 aliphatic rings. The van der Waals surface area contributed by atoms with Crippen LogP contribution in [0.5, 0.6) is 0 Å². The molecule has 0 aromatic carbocycles. The third-order valence-corrected chi connectivity index (χ3v) is 5.05. The van der Waals surface area contributed by atoms with E-state index >= 15 is 0 Å². The zero-order valence-corrected chi connectivity index (χ0v) is 9.48. The number of thioether (sulfide) groups is 1. The highest BCUT2D eigenvalue weighted by Gasteiger charge is 2.47. The highest BCUT2D eigenvalue weighted by molar-refractivity contribution is 8.00. The summed E-state index contributed by atoms with van der Waals surface area (Å²) >= 11 is 2.01. The van der Waals surface area contributed by atoms with E-state index in [0.29, 0.717) is 12.5 Å². The molecule has 2 saturated heterocycles. The van der Waals surface area contributed by atoms with Crippen LogP contribution in [0, 0.1) is 5.92 Å². The Labute approximate surface area is 89.6 Å². The largest absolute Gasteiger partial charge is 0.390 e. The molecule has 0 aromatic rings. The van der Waals surface area contributed by atoms with Gasteiger partial charge in [-0.05, 0) is 25.6 Å². The molecule has 0 spiro atoms. The first-order valence-electron chi connectivity index (χ1n) is 5.33. The first-order chi connectivity index (χ1) is 6.78. The lowest BCUT2D eigenvalue weighted by Gasteiger charge is -2.35. The fraction of sp³-hybridized carbons (Fsp3) is 1.00. The van der Waals surface area contributed by atoms with Gasteiger partial charge in [0.05, 0.1) is 19.3 Å². The van der Waals surface area contributed by atoms with Crippen molar-refractivity contribution in [3.63, 3.8) is 0 Å². The second kappa shape index (κ2) is 4.39. The maximum Gasteiger partial charge on any atom is 0.0837 e. The van der Waals surface area contributed by atoms with Gasteiger partial charge in [0.1, 0.15) is 0 Å². The highest BCUT2D eigenvalue weighted by atomic mass is 32.2. The Morgan fingerprint density at radius 3 is 2.93 bits per heavy atom. The van der Waals surface area contributed by atoms with Crippen LogP contribution in [0.15, 0.2) is 0 Å². The average molecular weight is 217 g/mol. The lowest BCUT2D eigenvalue weighted by atomic mass is 9.85. The molecule has 3 nitrogen and oxygen atoms in total. The van der Waals surface area contributed by atoms with Crippen molar-refractivity contribution in [3.05, 3.63) is 0 Å². The summed E-state index contributed by atoms with van der Waals surface area (Å²) < 4.78 is 5.59. The maximum absolute atomic E-state index is 9.88. The Bertz CT molecular complexity index is 195. The van der Waals surface area contributed by atoms with E-state index in [9.17, 15) is 5.11 Å². The van der Waals surface area contributed by atoms with E-state index in [0.717, 1.165) is 13.2 Å². The molecule has 14 heavy (non-hydrogen) atoms. The van der Waals surface area contributed by atoms with Crippen LogP contribution >= 0.6 is 11.8 Å². The maximum atomic E-state index is 9.88. The minimum Gasteiger partial charge on any atom is -0.390 e. The Hall–Kier alpha value is 0.230. The molecular formula is C10H19NO2S. The second-order valence-electron chi connectivity index (χ2n) is 4.26. The quantitative estimate of drug-likeness (QED) is 0.721. The van der Waals surface area contributed by atoms with Gasteiger partial charge in [-0.15, -0.1) is 0 Å². The molecule has 0 saturated carbocycles. The van der Waals surface area contributed by atoms with Gasteiger partial charge in [-0.25, -0.2) is 0 Å². The fourth-order valence-electron chi connectivity index (χ4n) is 2.63. The molecule has 2 N–H and O–H groups in total. The minimum absolute atomic E-state index is 0.227. The molecular weight excluding hydrogens is 198 g/mol. The van der Waals surface area contributed by atoms with E-state index in [2.05, 4.69) is 5.32 Å². The number of aliphatic hydroxyl groups is 1. The van der Waals surface area contributed by atoms with Crippen LogP contribution in [-0.4, -0.2) is 48.5 Å². The summed E-state index contributed by atoms with van der Waals surface area (Å²) in [5.41, 5.74) is 0. The van der Waals surface area contributed by atoms with E-state index in [1.165, 1.54) is 18.6 Å². The van der Waals surface area contributed by atoms with E-state index < -0.39 is 0 Å². The van der Waals surface area contributed by atoms with Crippen molar-refractivity contribution in [2.24, 2.45) is 5.92 Å². The monoisotopic (exact) mass is 217 g/mol. The number of nitrogens with one attached hydrogen (secondary N) is 1. The van der Waals surface area contributed by atoms with Crippen LogP contribution in [0.3, 0.4) is 0 Å². The number of hydrogen-bond donors (Lipinski definition) is 2. The lowest BCUT2D eigenvalue weighted by molar-refractivity contribution is 0.109. The summed E-state index contributed by atoms with van der Waals surface area (Å²) in [6.45, 7) is 2.25. The Morgan fingerprint density at radius 1 is 1.57 bits per heavy atom. The number of hydrogen-bond acceptors (Lipinski definition) is 4.